The predicted molar refractivity (Wildman–Crippen MR) is 88.7 cm³/mol. The van der Waals surface area contributed by atoms with Gasteiger partial charge in [-0.15, -0.1) is 12.4 Å². The minimum Gasteiger partial charge on any atom is -0.462 e. The van der Waals surface area contributed by atoms with Crippen molar-refractivity contribution in [3.8, 4) is 11.5 Å². The largest absolute Gasteiger partial charge is 0.462 e. The number of para-hydroxylation sites is 1. The summed E-state index contributed by atoms with van der Waals surface area (Å²) in [6, 6.07) is 13.0. The Labute approximate surface area is 145 Å². The molecular formula is C17H18ClF2NO3. The summed E-state index contributed by atoms with van der Waals surface area (Å²) in [5, 5.41) is 0. The van der Waals surface area contributed by atoms with Gasteiger partial charge in [-0.2, -0.15) is 8.78 Å². The van der Waals surface area contributed by atoms with Gasteiger partial charge in [0.25, 0.3) is 0 Å². The molecule has 7 heteroatoms. The Bertz CT molecular complexity index is 668. The molecule has 1 atom stereocenters. The van der Waals surface area contributed by atoms with Crippen LogP contribution in [0.15, 0.2) is 54.6 Å². The third kappa shape index (κ3) is 4.66. The molecule has 2 aromatic carbocycles. The zero-order valence-corrected chi connectivity index (χ0v) is 13.8. The Morgan fingerprint density at radius 2 is 1.75 bits per heavy atom. The first-order chi connectivity index (χ1) is 10.9. The fourth-order valence-corrected chi connectivity index (χ4v) is 1.96. The number of alkyl halides is 2. The molecule has 0 aromatic heterocycles. The highest BCUT2D eigenvalue weighted by Crippen LogP contribution is 2.33. The molecule has 24 heavy (non-hydrogen) atoms. The van der Waals surface area contributed by atoms with Crippen molar-refractivity contribution in [3.63, 3.8) is 0 Å². The van der Waals surface area contributed by atoms with Crippen LogP contribution in [0.4, 0.5) is 8.78 Å². The van der Waals surface area contributed by atoms with E-state index in [2.05, 4.69) is 4.74 Å². The molecule has 0 saturated carbocycles. The lowest BCUT2D eigenvalue weighted by molar-refractivity contribution is -0.174. The van der Waals surface area contributed by atoms with Crippen LogP contribution >= 0.6 is 12.4 Å². The molecule has 130 valence electrons. The van der Waals surface area contributed by atoms with Gasteiger partial charge in [-0.1, -0.05) is 30.3 Å². The maximum atomic E-state index is 14.0. The van der Waals surface area contributed by atoms with E-state index in [1.165, 1.54) is 25.1 Å². The third-order valence-electron chi connectivity index (χ3n) is 3.13. The summed E-state index contributed by atoms with van der Waals surface area (Å²) in [7, 11) is 0. The second-order valence-electron chi connectivity index (χ2n) is 4.81. The number of benzene rings is 2. The number of hydrogen-bond donors (Lipinski definition) is 1. The van der Waals surface area contributed by atoms with E-state index >= 15 is 0 Å². The van der Waals surface area contributed by atoms with Gasteiger partial charge in [0.05, 0.1) is 6.61 Å². The van der Waals surface area contributed by atoms with E-state index in [-0.39, 0.29) is 24.6 Å². The van der Waals surface area contributed by atoms with Gasteiger partial charge in [-0.3, -0.25) is 0 Å². The van der Waals surface area contributed by atoms with Crippen LogP contribution in [0.1, 0.15) is 18.5 Å². The minimum absolute atomic E-state index is 0. The Balaban J connectivity index is 0.00000288. The number of rotatable bonds is 6. The Hall–Kier alpha value is -2.18. The van der Waals surface area contributed by atoms with Crippen molar-refractivity contribution in [1.29, 1.82) is 0 Å². The normalized spacial score (nSPS) is 12.0. The zero-order valence-electron chi connectivity index (χ0n) is 12.9. The lowest BCUT2D eigenvalue weighted by Gasteiger charge is -2.22. The van der Waals surface area contributed by atoms with Crippen molar-refractivity contribution in [3.05, 3.63) is 60.2 Å². The van der Waals surface area contributed by atoms with E-state index in [4.69, 9.17) is 10.5 Å². The number of nitrogens with two attached hydrogens (primary N) is 1. The van der Waals surface area contributed by atoms with Gasteiger partial charge >= 0.3 is 11.9 Å². The van der Waals surface area contributed by atoms with E-state index in [9.17, 15) is 13.6 Å². The first-order valence-corrected chi connectivity index (χ1v) is 7.08. The SMILES string of the molecule is CCOC(=O)C(F)(F)[C@@H](N)c1cccc(Oc2ccccc2)c1.Cl. The summed E-state index contributed by atoms with van der Waals surface area (Å²) >= 11 is 0. The van der Waals surface area contributed by atoms with Crippen LogP contribution in [0.3, 0.4) is 0 Å². The fraction of sp³-hybridized carbons (Fsp3) is 0.235. The standard InChI is InChI=1S/C17H17F2NO3.ClH/c1-2-22-16(21)17(18,19)15(20)12-7-6-10-14(11-12)23-13-8-4-3-5-9-13;/h3-11,15H,2,20H2,1H3;1H/t15-;/m0./s1. The molecule has 2 N–H and O–H groups in total. The van der Waals surface area contributed by atoms with E-state index in [0.717, 1.165) is 0 Å². The zero-order chi connectivity index (χ0) is 16.9. The first-order valence-electron chi connectivity index (χ1n) is 7.08. The number of ether oxygens (including phenoxy) is 2. The number of carbonyl (C=O) groups is 1. The number of hydrogen-bond acceptors (Lipinski definition) is 4. The van der Waals surface area contributed by atoms with Gasteiger partial charge < -0.3 is 15.2 Å². The molecule has 0 fully saturated rings. The van der Waals surface area contributed by atoms with E-state index in [1.807, 2.05) is 6.07 Å². The Kier molecular flexibility index (Phi) is 7.13. The molecular weight excluding hydrogens is 340 g/mol. The predicted octanol–water partition coefficient (Wildman–Crippen LogP) is 4.10. The topological polar surface area (TPSA) is 61.5 Å². The number of esters is 1. The monoisotopic (exact) mass is 357 g/mol. The molecule has 2 rings (SSSR count). The van der Waals surface area contributed by atoms with Crippen LogP contribution in [0.25, 0.3) is 0 Å². The van der Waals surface area contributed by atoms with Crippen LogP contribution in [0.5, 0.6) is 11.5 Å². The molecule has 0 aliphatic rings. The maximum Gasteiger partial charge on any atom is 0.379 e. The Morgan fingerprint density at radius 3 is 2.38 bits per heavy atom. The highest BCUT2D eigenvalue weighted by molar-refractivity contribution is 5.85. The van der Waals surface area contributed by atoms with Crippen LogP contribution in [-0.4, -0.2) is 18.5 Å². The van der Waals surface area contributed by atoms with E-state index in [0.29, 0.717) is 11.5 Å². The fourth-order valence-electron chi connectivity index (χ4n) is 1.96. The van der Waals surface area contributed by atoms with Crippen molar-refractivity contribution in [2.75, 3.05) is 6.61 Å². The second kappa shape index (κ2) is 8.61. The number of halogens is 3. The van der Waals surface area contributed by atoms with Crippen molar-refractivity contribution in [2.45, 2.75) is 18.9 Å². The molecule has 0 unspecified atom stereocenters. The van der Waals surface area contributed by atoms with E-state index < -0.39 is 17.9 Å². The summed E-state index contributed by atoms with van der Waals surface area (Å²) in [5.41, 5.74) is 5.64. The average molecular weight is 358 g/mol. The Morgan fingerprint density at radius 1 is 1.12 bits per heavy atom. The third-order valence-corrected chi connectivity index (χ3v) is 3.13. The molecule has 0 amide bonds. The summed E-state index contributed by atoms with van der Waals surface area (Å²) in [4.78, 5) is 11.4. The lowest BCUT2D eigenvalue weighted by atomic mass is 10.0. The summed E-state index contributed by atoms with van der Waals surface area (Å²) < 4.78 is 38.0. The summed E-state index contributed by atoms with van der Waals surface area (Å²) in [6.07, 6.45) is 0. The van der Waals surface area contributed by atoms with Gasteiger partial charge in [0.1, 0.15) is 17.5 Å². The molecule has 4 nitrogen and oxygen atoms in total. The van der Waals surface area contributed by atoms with Crippen LogP contribution in [-0.2, 0) is 9.53 Å². The van der Waals surface area contributed by atoms with E-state index in [1.54, 1.807) is 30.3 Å². The minimum atomic E-state index is -3.82. The number of carbonyl (C=O) groups excluding carboxylic acids is 1. The second-order valence-corrected chi connectivity index (χ2v) is 4.81. The molecule has 2 aromatic rings. The highest BCUT2D eigenvalue weighted by atomic mass is 35.5. The van der Waals surface area contributed by atoms with Crippen molar-refractivity contribution in [1.82, 2.24) is 0 Å². The molecule has 0 aliphatic heterocycles. The van der Waals surface area contributed by atoms with Gasteiger partial charge in [0, 0.05) is 0 Å². The van der Waals surface area contributed by atoms with Gasteiger partial charge in [-0.05, 0) is 36.8 Å². The summed E-state index contributed by atoms with van der Waals surface area (Å²) in [6.45, 7) is 1.31. The van der Waals surface area contributed by atoms with Crippen LogP contribution in [0.2, 0.25) is 0 Å². The van der Waals surface area contributed by atoms with Gasteiger partial charge in [-0.25, -0.2) is 4.79 Å². The van der Waals surface area contributed by atoms with Crippen molar-refractivity contribution in [2.24, 2.45) is 5.73 Å². The van der Waals surface area contributed by atoms with Crippen molar-refractivity contribution >= 4 is 18.4 Å². The van der Waals surface area contributed by atoms with Crippen LogP contribution < -0.4 is 10.5 Å². The molecule has 0 bridgehead atoms. The lowest BCUT2D eigenvalue weighted by Crippen LogP contribution is -2.41. The average Bonchev–Trinajstić information content (AvgIpc) is 2.55. The molecule has 0 radical (unpaired) electrons. The molecule has 0 aliphatic carbocycles. The van der Waals surface area contributed by atoms with Crippen LogP contribution in [0, 0.1) is 0 Å². The van der Waals surface area contributed by atoms with Gasteiger partial charge in [0.2, 0.25) is 0 Å². The molecule has 0 heterocycles. The summed E-state index contributed by atoms with van der Waals surface area (Å²) in [5.74, 6) is -4.54. The smallest absolute Gasteiger partial charge is 0.379 e. The quantitative estimate of drug-likeness (QED) is 0.791. The highest BCUT2D eigenvalue weighted by Gasteiger charge is 2.47. The molecule has 0 spiro atoms. The van der Waals surface area contributed by atoms with Crippen molar-refractivity contribution < 1.29 is 23.0 Å². The maximum absolute atomic E-state index is 14.0. The molecule has 0 saturated heterocycles. The van der Waals surface area contributed by atoms with Gasteiger partial charge in [0.15, 0.2) is 0 Å². The first kappa shape index (κ1) is 19.9.